The molecule has 106 valence electrons. The number of benzene rings is 1. The van der Waals surface area contributed by atoms with Crippen LogP contribution in [0.15, 0.2) is 41.0 Å². The number of hydrogen-bond acceptors (Lipinski definition) is 2. The molecule has 0 saturated carbocycles. The molecule has 0 fully saturated rings. The molecule has 4 heteroatoms. The van der Waals surface area contributed by atoms with Crippen molar-refractivity contribution in [2.75, 3.05) is 6.54 Å². The van der Waals surface area contributed by atoms with Crippen molar-refractivity contribution in [3.8, 4) is 0 Å². The van der Waals surface area contributed by atoms with Crippen LogP contribution < -0.4 is 5.32 Å². The minimum absolute atomic E-state index is 0.165. The lowest BCUT2D eigenvalue weighted by Gasteiger charge is -2.20. The van der Waals surface area contributed by atoms with Gasteiger partial charge in [-0.2, -0.15) is 0 Å². The van der Waals surface area contributed by atoms with Crippen LogP contribution >= 0.6 is 27.5 Å². The summed E-state index contributed by atoms with van der Waals surface area (Å²) < 4.78 is 1.04. The van der Waals surface area contributed by atoms with Crippen LogP contribution in [-0.2, 0) is 6.42 Å². The van der Waals surface area contributed by atoms with Crippen molar-refractivity contribution in [3.63, 3.8) is 0 Å². The lowest BCUT2D eigenvalue weighted by atomic mass is 9.99. The average Bonchev–Trinajstić information content (AvgIpc) is 2.43. The van der Waals surface area contributed by atoms with Crippen LogP contribution in [-0.4, -0.2) is 11.5 Å². The lowest BCUT2D eigenvalue weighted by Crippen LogP contribution is -2.24. The maximum absolute atomic E-state index is 6.35. The van der Waals surface area contributed by atoms with Gasteiger partial charge < -0.3 is 5.32 Å². The summed E-state index contributed by atoms with van der Waals surface area (Å²) in [5.74, 6) is 0. The fraction of sp³-hybridized carbons (Fsp3) is 0.312. The van der Waals surface area contributed by atoms with Gasteiger partial charge in [0.15, 0.2) is 0 Å². The van der Waals surface area contributed by atoms with Gasteiger partial charge in [-0.15, -0.1) is 0 Å². The van der Waals surface area contributed by atoms with Gasteiger partial charge >= 0.3 is 0 Å². The lowest BCUT2D eigenvalue weighted by molar-refractivity contribution is 0.542. The van der Waals surface area contributed by atoms with E-state index in [1.807, 2.05) is 24.4 Å². The molecule has 0 amide bonds. The quantitative estimate of drug-likeness (QED) is 0.843. The van der Waals surface area contributed by atoms with Gasteiger partial charge in [0.05, 0.1) is 0 Å². The Morgan fingerprint density at radius 2 is 2.15 bits per heavy atom. The van der Waals surface area contributed by atoms with E-state index in [4.69, 9.17) is 11.6 Å². The Hall–Kier alpha value is -0.900. The summed E-state index contributed by atoms with van der Waals surface area (Å²) in [6.07, 6.45) is 2.67. The second-order valence-electron chi connectivity index (χ2n) is 4.75. The Morgan fingerprint density at radius 3 is 2.85 bits per heavy atom. The normalized spacial score (nSPS) is 12.4. The number of pyridine rings is 1. The molecule has 20 heavy (non-hydrogen) atoms. The molecule has 1 atom stereocenters. The van der Waals surface area contributed by atoms with Crippen LogP contribution in [0.2, 0.25) is 5.02 Å². The molecule has 1 aromatic heterocycles. The third-order valence-electron chi connectivity index (χ3n) is 3.30. The average molecular weight is 354 g/mol. The summed E-state index contributed by atoms with van der Waals surface area (Å²) >= 11 is 9.87. The van der Waals surface area contributed by atoms with E-state index in [1.165, 1.54) is 5.56 Å². The number of halogens is 2. The fourth-order valence-corrected chi connectivity index (χ4v) is 2.87. The molecule has 2 aromatic rings. The van der Waals surface area contributed by atoms with Crippen LogP contribution in [0.1, 0.15) is 29.8 Å². The summed E-state index contributed by atoms with van der Waals surface area (Å²) in [6, 6.07) is 10.2. The molecular formula is C16H18BrClN2. The summed E-state index contributed by atoms with van der Waals surface area (Å²) in [4.78, 5) is 4.48. The summed E-state index contributed by atoms with van der Waals surface area (Å²) in [7, 11) is 0. The van der Waals surface area contributed by atoms with Crippen LogP contribution in [0.3, 0.4) is 0 Å². The van der Waals surface area contributed by atoms with Crippen LogP contribution in [0.5, 0.6) is 0 Å². The van der Waals surface area contributed by atoms with Gasteiger partial charge in [-0.05, 0) is 48.9 Å². The Balaban J connectivity index is 2.32. The number of rotatable bonds is 5. The monoisotopic (exact) mass is 352 g/mol. The smallest absolute Gasteiger partial charge is 0.0454 e. The molecule has 1 heterocycles. The number of hydrogen-bond donors (Lipinski definition) is 1. The van der Waals surface area contributed by atoms with E-state index in [0.717, 1.165) is 33.7 Å². The van der Waals surface area contributed by atoms with Gasteiger partial charge in [0, 0.05) is 33.8 Å². The minimum atomic E-state index is 0.165. The van der Waals surface area contributed by atoms with Gasteiger partial charge in [-0.1, -0.05) is 40.5 Å². The molecule has 0 aliphatic carbocycles. The van der Waals surface area contributed by atoms with Crippen molar-refractivity contribution in [3.05, 3.63) is 62.8 Å². The maximum atomic E-state index is 6.35. The predicted octanol–water partition coefficient (Wildman–Crippen LogP) is 4.70. The Morgan fingerprint density at radius 1 is 1.35 bits per heavy atom. The number of aromatic nitrogens is 1. The van der Waals surface area contributed by atoms with Crippen molar-refractivity contribution < 1.29 is 0 Å². The molecule has 0 saturated heterocycles. The van der Waals surface area contributed by atoms with Gasteiger partial charge in [-0.3, -0.25) is 4.98 Å². The molecule has 0 radical (unpaired) electrons. The van der Waals surface area contributed by atoms with E-state index < -0.39 is 0 Å². The zero-order valence-corrected chi connectivity index (χ0v) is 14.0. The van der Waals surface area contributed by atoms with E-state index in [0.29, 0.717) is 0 Å². The topological polar surface area (TPSA) is 24.9 Å². The molecule has 0 aliphatic heterocycles. The van der Waals surface area contributed by atoms with E-state index >= 15 is 0 Å². The van der Waals surface area contributed by atoms with Crippen molar-refractivity contribution in [2.24, 2.45) is 0 Å². The molecule has 0 bridgehead atoms. The highest BCUT2D eigenvalue weighted by Crippen LogP contribution is 2.29. The molecule has 1 N–H and O–H groups in total. The van der Waals surface area contributed by atoms with Crippen molar-refractivity contribution in [1.29, 1.82) is 0 Å². The Labute approximate surface area is 133 Å². The molecule has 1 aromatic carbocycles. The second-order valence-corrected chi connectivity index (χ2v) is 6.07. The van der Waals surface area contributed by atoms with Crippen LogP contribution in [0, 0.1) is 6.92 Å². The van der Waals surface area contributed by atoms with Crippen molar-refractivity contribution in [2.45, 2.75) is 26.3 Å². The summed E-state index contributed by atoms with van der Waals surface area (Å²) in [5, 5.41) is 4.28. The largest absolute Gasteiger partial charge is 0.310 e. The van der Waals surface area contributed by atoms with Gasteiger partial charge in [0.25, 0.3) is 0 Å². The number of aryl methyl sites for hydroxylation is 1. The highest BCUT2D eigenvalue weighted by molar-refractivity contribution is 9.10. The zero-order valence-electron chi connectivity index (χ0n) is 11.7. The van der Waals surface area contributed by atoms with E-state index in [1.54, 1.807) is 0 Å². The van der Waals surface area contributed by atoms with E-state index in [-0.39, 0.29) is 6.04 Å². The van der Waals surface area contributed by atoms with Crippen LogP contribution in [0.25, 0.3) is 0 Å². The summed E-state index contributed by atoms with van der Waals surface area (Å²) in [6.45, 7) is 5.08. The first-order chi connectivity index (χ1) is 9.61. The minimum Gasteiger partial charge on any atom is -0.310 e. The van der Waals surface area contributed by atoms with Gasteiger partial charge in [0.1, 0.15) is 0 Å². The number of likely N-dealkylation sites (N-methyl/N-ethyl adjacent to an activating group) is 1. The van der Waals surface area contributed by atoms with Crippen molar-refractivity contribution >= 4 is 27.5 Å². The van der Waals surface area contributed by atoms with Crippen molar-refractivity contribution in [1.82, 2.24) is 10.3 Å². The third kappa shape index (κ3) is 3.81. The molecular weight excluding hydrogens is 336 g/mol. The number of nitrogens with one attached hydrogen (secondary N) is 1. The molecule has 0 aliphatic rings. The molecule has 2 nitrogen and oxygen atoms in total. The predicted molar refractivity (Wildman–Crippen MR) is 88.2 cm³/mol. The maximum Gasteiger partial charge on any atom is 0.0454 e. The molecule has 0 spiro atoms. The van der Waals surface area contributed by atoms with Crippen LogP contribution in [0.4, 0.5) is 0 Å². The first-order valence-corrected chi connectivity index (χ1v) is 7.87. The second kappa shape index (κ2) is 7.21. The first kappa shape index (κ1) is 15.5. The van der Waals surface area contributed by atoms with Gasteiger partial charge in [-0.25, -0.2) is 0 Å². The van der Waals surface area contributed by atoms with E-state index in [2.05, 4.69) is 52.2 Å². The first-order valence-electron chi connectivity index (χ1n) is 6.70. The molecule has 1 unspecified atom stereocenters. The fourth-order valence-electron chi connectivity index (χ4n) is 2.25. The highest BCUT2D eigenvalue weighted by atomic mass is 79.9. The standard InChI is InChI=1S/C16H18BrClN2/c1-3-19-16(10-15-11(2)5-4-8-20-15)13-9-12(17)6-7-14(13)18/h4-9,16,19H,3,10H2,1-2H3. The zero-order chi connectivity index (χ0) is 14.5. The highest BCUT2D eigenvalue weighted by Gasteiger charge is 2.16. The summed E-state index contributed by atoms with van der Waals surface area (Å²) in [5.41, 5.74) is 3.42. The Kier molecular flexibility index (Phi) is 5.58. The van der Waals surface area contributed by atoms with E-state index in [9.17, 15) is 0 Å². The molecule has 2 rings (SSSR count). The third-order valence-corrected chi connectivity index (χ3v) is 4.14. The van der Waals surface area contributed by atoms with Gasteiger partial charge in [0.2, 0.25) is 0 Å². The SMILES string of the molecule is CCNC(Cc1ncccc1C)c1cc(Br)ccc1Cl. The Bertz CT molecular complexity index is 586. The number of nitrogens with zero attached hydrogens (tertiary/aromatic N) is 1.